The molecular formula is C26H25N3O7S2. The number of aromatic carboxylic acids is 1. The van der Waals surface area contributed by atoms with E-state index in [-0.39, 0.29) is 27.1 Å². The molecular weight excluding hydrogens is 530 g/mol. The number of nitrogens with zero attached hydrogens (tertiary/aromatic N) is 2. The van der Waals surface area contributed by atoms with Gasteiger partial charge in [-0.3, -0.25) is 4.31 Å². The van der Waals surface area contributed by atoms with E-state index in [1.807, 2.05) is 6.07 Å². The van der Waals surface area contributed by atoms with Gasteiger partial charge < -0.3 is 20.3 Å². The van der Waals surface area contributed by atoms with Crippen molar-refractivity contribution in [1.82, 2.24) is 5.32 Å². The van der Waals surface area contributed by atoms with Gasteiger partial charge in [0.25, 0.3) is 10.0 Å². The quantitative estimate of drug-likeness (QED) is 0.358. The second-order valence-corrected chi connectivity index (χ2v) is 11.4. The molecule has 10 nitrogen and oxygen atoms in total. The van der Waals surface area contributed by atoms with Crippen LogP contribution in [0.4, 0.5) is 5.69 Å². The molecule has 0 bridgehead atoms. The second-order valence-electron chi connectivity index (χ2n) is 8.64. The number of nitriles is 1. The number of ether oxygens (including phenoxy) is 1. The Labute approximate surface area is 223 Å². The smallest absolute Gasteiger partial charge is 0.349 e. The molecule has 1 fully saturated rings. The molecule has 3 N–H and O–H groups in total. The molecule has 0 radical (unpaired) electrons. The predicted molar refractivity (Wildman–Crippen MR) is 141 cm³/mol. The average Bonchev–Trinajstić information content (AvgIpc) is 3.24. The fraction of sp³-hybridized carbons (Fsp3) is 0.269. The predicted octanol–water partition coefficient (Wildman–Crippen LogP) is 3.70. The van der Waals surface area contributed by atoms with E-state index in [9.17, 15) is 28.4 Å². The normalized spacial score (nSPS) is 14.0. The van der Waals surface area contributed by atoms with Gasteiger partial charge in [0.2, 0.25) is 0 Å². The largest absolute Gasteiger partial charge is 0.480 e. The molecule has 4 rings (SSSR count). The van der Waals surface area contributed by atoms with E-state index in [0.29, 0.717) is 47.6 Å². The summed E-state index contributed by atoms with van der Waals surface area (Å²) in [5.41, 5.74) is 1.42. The van der Waals surface area contributed by atoms with Crippen molar-refractivity contribution < 1.29 is 33.0 Å². The van der Waals surface area contributed by atoms with Crippen LogP contribution in [0.25, 0.3) is 10.4 Å². The molecule has 1 aliphatic rings. The fourth-order valence-electron chi connectivity index (χ4n) is 4.48. The highest BCUT2D eigenvalue weighted by atomic mass is 32.2. The van der Waals surface area contributed by atoms with E-state index in [1.165, 1.54) is 16.4 Å². The summed E-state index contributed by atoms with van der Waals surface area (Å²) in [7, 11) is -4.14. The third kappa shape index (κ3) is 5.35. The lowest BCUT2D eigenvalue weighted by Crippen LogP contribution is -2.46. The van der Waals surface area contributed by atoms with Crippen molar-refractivity contribution in [3.63, 3.8) is 0 Å². The van der Waals surface area contributed by atoms with Crippen LogP contribution >= 0.6 is 11.3 Å². The summed E-state index contributed by atoms with van der Waals surface area (Å²) in [5, 5.41) is 31.5. The summed E-state index contributed by atoms with van der Waals surface area (Å²) in [4.78, 5) is 23.2. The maximum Gasteiger partial charge on any atom is 0.349 e. The number of benzene rings is 2. The van der Waals surface area contributed by atoms with Crippen LogP contribution in [0.15, 0.2) is 53.4 Å². The van der Waals surface area contributed by atoms with Crippen molar-refractivity contribution in [2.45, 2.75) is 30.7 Å². The molecule has 0 aliphatic carbocycles. The minimum absolute atomic E-state index is 0.0314. The average molecular weight is 556 g/mol. The van der Waals surface area contributed by atoms with E-state index in [2.05, 4.69) is 5.32 Å². The van der Waals surface area contributed by atoms with Crippen LogP contribution in [0, 0.1) is 18.3 Å². The number of hydrogen-bond donors (Lipinski definition) is 3. The van der Waals surface area contributed by atoms with Crippen LogP contribution in [-0.2, 0) is 14.8 Å². The zero-order valence-electron chi connectivity index (χ0n) is 20.4. The molecule has 2 heterocycles. The van der Waals surface area contributed by atoms with E-state index < -0.39 is 28.6 Å². The SMILES string of the molecule is Cc1c(-c2cccc(N(C3CCNCC3)S(=O)(=O)c3ccccc3C#N)c2)sc(C(=O)O)c1OCC(=O)O. The summed E-state index contributed by atoms with van der Waals surface area (Å²) >= 11 is 0.926. The molecule has 1 aliphatic heterocycles. The zero-order valence-corrected chi connectivity index (χ0v) is 22.0. The summed E-state index contributed by atoms with van der Waals surface area (Å²) in [6.45, 7) is 2.20. The molecule has 0 amide bonds. The van der Waals surface area contributed by atoms with Gasteiger partial charge in [0.1, 0.15) is 16.7 Å². The number of nitrogens with one attached hydrogen (secondary N) is 1. The Balaban J connectivity index is 1.84. The molecule has 3 aromatic rings. The first-order chi connectivity index (χ1) is 18.1. The second kappa shape index (κ2) is 11.2. The molecule has 0 unspecified atom stereocenters. The zero-order chi connectivity index (χ0) is 27.4. The minimum Gasteiger partial charge on any atom is -0.480 e. The van der Waals surface area contributed by atoms with E-state index in [4.69, 9.17) is 9.84 Å². The van der Waals surface area contributed by atoms with E-state index >= 15 is 0 Å². The van der Waals surface area contributed by atoms with Gasteiger partial charge >= 0.3 is 11.9 Å². The lowest BCUT2D eigenvalue weighted by Gasteiger charge is -2.35. The van der Waals surface area contributed by atoms with Crippen molar-refractivity contribution in [1.29, 1.82) is 5.26 Å². The van der Waals surface area contributed by atoms with Crippen LogP contribution in [-0.4, -0.2) is 56.3 Å². The highest BCUT2D eigenvalue weighted by Gasteiger charge is 2.34. The molecule has 12 heteroatoms. The van der Waals surface area contributed by atoms with Crippen LogP contribution in [0.2, 0.25) is 0 Å². The monoisotopic (exact) mass is 555 g/mol. The maximum absolute atomic E-state index is 14.0. The molecule has 0 atom stereocenters. The van der Waals surface area contributed by atoms with Gasteiger partial charge in [-0.15, -0.1) is 11.3 Å². The van der Waals surface area contributed by atoms with E-state index in [1.54, 1.807) is 43.3 Å². The summed E-state index contributed by atoms with van der Waals surface area (Å²) in [5.74, 6) is -2.53. The number of carbonyl (C=O) groups is 2. The Hall–Kier alpha value is -3.92. The van der Waals surface area contributed by atoms with Gasteiger partial charge in [0.05, 0.1) is 11.3 Å². The van der Waals surface area contributed by atoms with Gasteiger partial charge in [0.15, 0.2) is 11.5 Å². The third-order valence-electron chi connectivity index (χ3n) is 6.17. The Morgan fingerprint density at radius 1 is 1.16 bits per heavy atom. The summed E-state index contributed by atoms with van der Waals surface area (Å²) in [6, 6.07) is 14.4. The molecule has 0 spiro atoms. The third-order valence-corrected chi connectivity index (χ3v) is 9.42. The summed E-state index contributed by atoms with van der Waals surface area (Å²) < 4.78 is 34.7. The van der Waals surface area contributed by atoms with Gasteiger partial charge in [-0.25, -0.2) is 18.0 Å². The minimum atomic E-state index is -4.14. The Bertz CT molecular complexity index is 1520. The highest BCUT2D eigenvalue weighted by Crippen LogP contribution is 2.43. The Morgan fingerprint density at radius 2 is 1.87 bits per heavy atom. The summed E-state index contributed by atoms with van der Waals surface area (Å²) in [6.07, 6.45) is 1.12. The van der Waals surface area contributed by atoms with E-state index in [0.717, 1.165) is 11.3 Å². The van der Waals surface area contributed by atoms with Crippen LogP contribution in [0.5, 0.6) is 5.75 Å². The molecule has 38 heavy (non-hydrogen) atoms. The van der Waals surface area contributed by atoms with Gasteiger partial charge in [-0.2, -0.15) is 5.26 Å². The number of hydrogen-bond acceptors (Lipinski definition) is 8. The Kier molecular flexibility index (Phi) is 8.01. The van der Waals surface area contributed by atoms with Crippen molar-refractivity contribution in [3.8, 4) is 22.3 Å². The van der Waals surface area contributed by atoms with Crippen molar-refractivity contribution in [2.75, 3.05) is 24.0 Å². The van der Waals surface area contributed by atoms with Gasteiger partial charge in [-0.1, -0.05) is 24.3 Å². The lowest BCUT2D eigenvalue weighted by molar-refractivity contribution is -0.139. The molecule has 1 aromatic heterocycles. The fourth-order valence-corrected chi connectivity index (χ4v) is 7.42. The maximum atomic E-state index is 14.0. The van der Waals surface area contributed by atoms with Gasteiger partial charge in [0, 0.05) is 16.5 Å². The van der Waals surface area contributed by atoms with Crippen LogP contribution in [0.1, 0.15) is 33.6 Å². The number of rotatable bonds is 9. The number of aliphatic carboxylic acids is 1. The Morgan fingerprint density at radius 3 is 2.53 bits per heavy atom. The number of thiophene rings is 1. The molecule has 0 saturated carbocycles. The first-order valence-corrected chi connectivity index (χ1v) is 14.0. The van der Waals surface area contributed by atoms with Crippen molar-refractivity contribution in [2.24, 2.45) is 0 Å². The highest BCUT2D eigenvalue weighted by molar-refractivity contribution is 7.93. The topological polar surface area (TPSA) is 157 Å². The number of sulfonamides is 1. The first kappa shape index (κ1) is 27.1. The standard InChI is InChI=1S/C26H25N3O7S2/c1-16-23(36-15-22(30)31)25(26(32)33)37-24(16)17-6-4-7-20(13-17)29(19-9-11-28-12-10-19)38(34,35)21-8-3-2-5-18(21)14-27/h2-8,13,19,28H,9-12,15H2,1H3,(H,30,31)(H,32,33). The number of carboxylic acids is 2. The molecule has 2 aromatic carbocycles. The van der Waals surface area contributed by atoms with Gasteiger partial charge in [-0.05, 0) is 62.7 Å². The van der Waals surface area contributed by atoms with Crippen molar-refractivity contribution in [3.05, 3.63) is 64.5 Å². The number of piperidine rings is 1. The van der Waals surface area contributed by atoms with Crippen molar-refractivity contribution >= 4 is 39.0 Å². The number of carboxylic acid groups (broad SMARTS) is 2. The number of anilines is 1. The molecule has 198 valence electrons. The first-order valence-electron chi connectivity index (χ1n) is 11.7. The van der Waals surface area contributed by atoms with Crippen LogP contribution in [0.3, 0.4) is 0 Å². The lowest BCUT2D eigenvalue weighted by atomic mass is 10.0. The molecule has 1 saturated heterocycles. The van der Waals surface area contributed by atoms with Crippen LogP contribution < -0.4 is 14.4 Å².